The van der Waals surface area contributed by atoms with E-state index in [1.54, 1.807) is 6.07 Å². The minimum absolute atomic E-state index is 0.120. The van der Waals surface area contributed by atoms with Gasteiger partial charge in [0.05, 0.1) is 4.90 Å². The zero-order valence-corrected chi connectivity index (χ0v) is 6.39. The molecule has 0 aromatic heterocycles. The van der Waals surface area contributed by atoms with Gasteiger partial charge in [-0.05, 0) is 24.6 Å². The molecule has 0 atom stereocenters. The van der Waals surface area contributed by atoms with Gasteiger partial charge in [-0.3, -0.25) is 0 Å². The van der Waals surface area contributed by atoms with Crippen LogP contribution in [0.1, 0.15) is 5.56 Å². The van der Waals surface area contributed by atoms with Crippen molar-refractivity contribution in [3.63, 3.8) is 0 Å². The van der Waals surface area contributed by atoms with E-state index in [1.165, 1.54) is 6.07 Å². The van der Waals surface area contributed by atoms with Crippen LogP contribution in [0.4, 0.5) is 0 Å². The lowest BCUT2D eigenvalue weighted by molar-refractivity contribution is 0.395. The van der Waals surface area contributed by atoms with Crippen LogP contribution in [0.5, 0.6) is 11.5 Å². The molecule has 0 aliphatic heterocycles. The van der Waals surface area contributed by atoms with Gasteiger partial charge in [0.25, 0.3) is 0 Å². The predicted octanol–water partition coefficient (Wildman–Crippen LogP) is 1.69. The summed E-state index contributed by atoms with van der Waals surface area (Å²) in [4.78, 5) is 0.400. The van der Waals surface area contributed by atoms with Gasteiger partial charge in [-0.25, -0.2) is 0 Å². The van der Waals surface area contributed by atoms with Crippen LogP contribution >= 0.6 is 12.6 Å². The second-order valence-electron chi connectivity index (χ2n) is 2.15. The van der Waals surface area contributed by atoms with Crippen LogP contribution in [0.2, 0.25) is 0 Å². The van der Waals surface area contributed by atoms with Crippen molar-refractivity contribution in [2.45, 2.75) is 11.8 Å². The van der Waals surface area contributed by atoms with Crippen LogP contribution in [0, 0.1) is 6.92 Å². The Morgan fingerprint density at radius 2 is 1.90 bits per heavy atom. The van der Waals surface area contributed by atoms with Gasteiger partial charge in [0.15, 0.2) is 11.5 Å². The molecule has 0 fully saturated rings. The summed E-state index contributed by atoms with van der Waals surface area (Å²) < 4.78 is 0. The molecule has 2 N–H and O–H groups in total. The second kappa shape index (κ2) is 2.42. The Balaban J connectivity index is 3.31. The van der Waals surface area contributed by atoms with E-state index in [9.17, 15) is 0 Å². The van der Waals surface area contributed by atoms with Crippen LogP contribution in [-0.4, -0.2) is 10.2 Å². The topological polar surface area (TPSA) is 40.5 Å². The average molecular weight is 156 g/mol. The van der Waals surface area contributed by atoms with Crippen molar-refractivity contribution in [2.75, 3.05) is 0 Å². The molecular formula is C7H8O2S. The van der Waals surface area contributed by atoms with Gasteiger partial charge in [0.1, 0.15) is 0 Å². The standard InChI is InChI=1S/C7H8O2S/c1-4-2-5(8)7(9)6(10)3-4/h2-3,8-10H,1H3. The maximum Gasteiger partial charge on any atom is 0.171 e. The summed E-state index contributed by atoms with van der Waals surface area (Å²) in [6, 6.07) is 3.16. The zero-order chi connectivity index (χ0) is 7.72. The number of phenols is 2. The van der Waals surface area contributed by atoms with Gasteiger partial charge in [0, 0.05) is 0 Å². The molecule has 0 bridgehead atoms. The van der Waals surface area contributed by atoms with Crippen LogP contribution in [0.15, 0.2) is 17.0 Å². The Labute approximate surface area is 64.5 Å². The molecule has 0 amide bonds. The normalized spacial score (nSPS) is 9.80. The molecule has 54 valence electrons. The molecule has 2 nitrogen and oxygen atoms in total. The number of hydrogen-bond acceptors (Lipinski definition) is 3. The molecular weight excluding hydrogens is 148 g/mol. The van der Waals surface area contributed by atoms with Crippen molar-refractivity contribution < 1.29 is 10.2 Å². The molecule has 1 aromatic carbocycles. The third-order valence-electron chi connectivity index (χ3n) is 1.21. The first-order valence-electron chi connectivity index (χ1n) is 2.83. The van der Waals surface area contributed by atoms with Crippen LogP contribution in [-0.2, 0) is 0 Å². The first kappa shape index (κ1) is 7.28. The highest BCUT2D eigenvalue weighted by molar-refractivity contribution is 7.80. The molecule has 1 aromatic rings. The molecule has 10 heavy (non-hydrogen) atoms. The van der Waals surface area contributed by atoms with Gasteiger partial charge < -0.3 is 10.2 Å². The van der Waals surface area contributed by atoms with Crippen molar-refractivity contribution in [3.8, 4) is 11.5 Å². The van der Waals surface area contributed by atoms with E-state index >= 15 is 0 Å². The maximum atomic E-state index is 9.00. The lowest BCUT2D eigenvalue weighted by Crippen LogP contribution is -1.75. The van der Waals surface area contributed by atoms with E-state index in [1.807, 2.05) is 6.92 Å². The Hall–Kier alpha value is -0.830. The van der Waals surface area contributed by atoms with Gasteiger partial charge in [0.2, 0.25) is 0 Å². The Morgan fingerprint density at radius 3 is 2.40 bits per heavy atom. The van der Waals surface area contributed by atoms with Gasteiger partial charge in [-0.15, -0.1) is 12.6 Å². The molecule has 0 aliphatic rings. The molecule has 0 saturated carbocycles. The highest BCUT2D eigenvalue weighted by atomic mass is 32.1. The fourth-order valence-electron chi connectivity index (χ4n) is 0.741. The van der Waals surface area contributed by atoms with E-state index in [0.29, 0.717) is 4.90 Å². The Kier molecular flexibility index (Phi) is 1.76. The Morgan fingerprint density at radius 1 is 1.30 bits per heavy atom. The molecule has 0 spiro atoms. The summed E-state index contributed by atoms with van der Waals surface area (Å²) in [5.41, 5.74) is 0.875. The van der Waals surface area contributed by atoms with E-state index < -0.39 is 0 Å². The summed E-state index contributed by atoms with van der Waals surface area (Å²) in [6.07, 6.45) is 0. The highest BCUT2D eigenvalue weighted by Gasteiger charge is 2.02. The van der Waals surface area contributed by atoms with E-state index in [2.05, 4.69) is 12.6 Å². The number of hydrogen-bond donors (Lipinski definition) is 3. The fourth-order valence-corrected chi connectivity index (χ4v) is 1.06. The minimum Gasteiger partial charge on any atom is -0.504 e. The number of aryl methyl sites for hydroxylation is 1. The molecule has 0 unspecified atom stereocenters. The van der Waals surface area contributed by atoms with Gasteiger partial charge in [-0.2, -0.15) is 0 Å². The van der Waals surface area contributed by atoms with Crippen molar-refractivity contribution >= 4 is 12.6 Å². The lowest BCUT2D eigenvalue weighted by Gasteiger charge is -2.01. The molecule has 0 radical (unpaired) electrons. The summed E-state index contributed by atoms with van der Waals surface area (Å²) in [5.74, 6) is -0.279. The highest BCUT2D eigenvalue weighted by Crippen LogP contribution is 2.32. The van der Waals surface area contributed by atoms with Crippen molar-refractivity contribution in [1.82, 2.24) is 0 Å². The van der Waals surface area contributed by atoms with E-state index in [-0.39, 0.29) is 11.5 Å². The van der Waals surface area contributed by atoms with Crippen molar-refractivity contribution in [2.24, 2.45) is 0 Å². The van der Waals surface area contributed by atoms with E-state index in [0.717, 1.165) is 5.56 Å². The maximum absolute atomic E-state index is 9.00. The van der Waals surface area contributed by atoms with E-state index in [4.69, 9.17) is 10.2 Å². The first-order valence-corrected chi connectivity index (χ1v) is 3.27. The van der Waals surface area contributed by atoms with Gasteiger partial charge in [-0.1, -0.05) is 0 Å². The number of phenolic OH excluding ortho intramolecular Hbond substituents is 2. The quantitative estimate of drug-likeness (QED) is 0.395. The lowest BCUT2D eigenvalue weighted by atomic mass is 10.2. The summed E-state index contributed by atoms with van der Waals surface area (Å²) in [5, 5.41) is 18.0. The van der Waals surface area contributed by atoms with Crippen LogP contribution in [0.3, 0.4) is 0 Å². The number of rotatable bonds is 0. The average Bonchev–Trinajstić information content (AvgIpc) is 1.82. The monoisotopic (exact) mass is 156 g/mol. The Bertz CT molecular complexity index is 235. The number of benzene rings is 1. The smallest absolute Gasteiger partial charge is 0.171 e. The molecule has 0 saturated heterocycles. The molecule has 1 rings (SSSR count). The predicted molar refractivity (Wildman–Crippen MR) is 41.8 cm³/mol. The third-order valence-corrected chi connectivity index (χ3v) is 1.55. The molecule has 3 heteroatoms. The summed E-state index contributed by atoms with van der Waals surface area (Å²) in [7, 11) is 0. The van der Waals surface area contributed by atoms with Gasteiger partial charge >= 0.3 is 0 Å². The number of thiol groups is 1. The van der Waals surface area contributed by atoms with Crippen molar-refractivity contribution in [1.29, 1.82) is 0 Å². The third kappa shape index (κ3) is 1.19. The largest absolute Gasteiger partial charge is 0.504 e. The van der Waals surface area contributed by atoms with Crippen LogP contribution < -0.4 is 0 Å². The number of aromatic hydroxyl groups is 2. The van der Waals surface area contributed by atoms with Crippen molar-refractivity contribution in [3.05, 3.63) is 17.7 Å². The summed E-state index contributed by atoms with van der Waals surface area (Å²) >= 11 is 3.93. The SMILES string of the molecule is Cc1cc(O)c(O)c(S)c1. The molecule has 0 aliphatic carbocycles. The zero-order valence-electron chi connectivity index (χ0n) is 5.50. The second-order valence-corrected chi connectivity index (χ2v) is 2.63. The van der Waals surface area contributed by atoms with Crippen LogP contribution in [0.25, 0.3) is 0 Å². The minimum atomic E-state index is -0.158. The molecule has 0 heterocycles. The summed E-state index contributed by atoms with van der Waals surface area (Å²) in [6.45, 7) is 1.82. The fraction of sp³-hybridized carbons (Fsp3) is 0.143. The first-order chi connectivity index (χ1) is 4.61.